The van der Waals surface area contributed by atoms with Gasteiger partial charge in [0.2, 0.25) is 0 Å². The van der Waals surface area contributed by atoms with Crippen LogP contribution in [-0.2, 0) is 20.0 Å². The summed E-state index contributed by atoms with van der Waals surface area (Å²) in [5.41, 5.74) is -0.488. The maximum absolute atomic E-state index is 7.54. The lowest BCUT2D eigenvalue weighted by Gasteiger charge is -2.13. The van der Waals surface area contributed by atoms with E-state index in [4.69, 9.17) is 5.26 Å². The van der Waals surface area contributed by atoms with Crippen LogP contribution in [-0.4, -0.2) is 10.9 Å². The first-order valence-electron chi connectivity index (χ1n) is 2.39. The average molecular weight is 138 g/mol. The van der Waals surface area contributed by atoms with Gasteiger partial charge in [-0.15, -0.1) is 0 Å². The summed E-state index contributed by atoms with van der Waals surface area (Å²) in [5.74, 6) is 0. The molecule has 5 nitrogen and oxygen atoms in total. The molecule has 0 amide bonds. The molecule has 0 heterocycles. The van der Waals surface area contributed by atoms with Crippen LogP contribution in [0.1, 0.15) is 20.8 Å². The van der Waals surface area contributed by atoms with E-state index >= 15 is 0 Å². The van der Waals surface area contributed by atoms with E-state index in [1.54, 1.807) is 20.8 Å². The lowest BCUT2D eigenvalue weighted by molar-refractivity contribution is -0.711. The number of hydrogen-bond acceptors (Lipinski definition) is 5. The van der Waals surface area contributed by atoms with E-state index < -0.39 is 5.60 Å². The van der Waals surface area contributed by atoms with Crippen molar-refractivity contribution in [1.82, 2.24) is 0 Å². The van der Waals surface area contributed by atoms with Crippen molar-refractivity contribution in [2.75, 3.05) is 0 Å². The zero-order chi connectivity index (χ0) is 7.33. The average Bonchev–Trinajstić information content (AvgIpc) is 1.63. The Morgan fingerprint density at radius 1 is 1.11 bits per heavy atom. The molecular formula is C4H10O5. The van der Waals surface area contributed by atoms with Crippen LogP contribution in [0.15, 0.2) is 0 Å². The fourth-order valence-electron chi connectivity index (χ4n) is 0.128. The SMILES string of the molecule is CC(C)(C)OOOOO. The summed E-state index contributed by atoms with van der Waals surface area (Å²) in [4.78, 5) is 4.46. The van der Waals surface area contributed by atoms with Gasteiger partial charge in [0, 0.05) is 0 Å². The normalized spacial score (nSPS) is 12.0. The standard InChI is InChI=1S/C4H10O5/c1-4(2,3)6-8-9-7-5/h5H,1-3H3. The molecule has 0 aliphatic heterocycles. The van der Waals surface area contributed by atoms with Crippen LogP contribution in [0.25, 0.3) is 0 Å². The number of hydrogen-bond donors (Lipinski definition) is 1. The second kappa shape index (κ2) is 3.76. The van der Waals surface area contributed by atoms with Crippen LogP contribution < -0.4 is 0 Å². The molecule has 0 fully saturated rings. The van der Waals surface area contributed by atoms with Gasteiger partial charge in [-0.3, -0.25) is 0 Å². The van der Waals surface area contributed by atoms with Crippen molar-refractivity contribution >= 4 is 0 Å². The van der Waals surface area contributed by atoms with E-state index in [1.165, 1.54) is 0 Å². The van der Waals surface area contributed by atoms with Crippen molar-refractivity contribution in [1.29, 1.82) is 0 Å². The minimum absolute atomic E-state index is 0.488. The van der Waals surface area contributed by atoms with E-state index in [0.717, 1.165) is 0 Å². The Bertz CT molecular complexity index is 65.8. The molecule has 1 N–H and O–H groups in total. The molecule has 0 unspecified atom stereocenters. The molecule has 0 radical (unpaired) electrons. The molecule has 0 saturated carbocycles. The predicted octanol–water partition coefficient (Wildman–Crippen LogP) is 1.07. The molecule has 0 spiro atoms. The Balaban J connectivity index is 3.07. The second-order valence-corrected chi connectivity index (χ2v) is 2.41. The van der Waals surface area contributed by atoms with Crippen molar-refractivity contribution in [2.45, 2.75) is 26.4 Å². The van der Waals surface area contributed by atoms with E-state index in [0.29, 0.717) is 0 Å². The molecule has 0 saturated heterocycles. The zero-order valence-corrected chi connectivity index (χ0v) is 5.58. The zero-order valence-electron chi connectivity index (χ0n) is 5.58. The summed E-state index contributed by atoms with van der Waals surface area (Å²) in [5, 5.41) is 18.0. The Kier molecular flexibility index (Phi) is 3.67. The van der Waals surface area contributed by atoms with Crippen molar-refractivity contribution in [3.8, 4) is 0 Å². The maximum atomic E-state index is 7.54. The van der Waals surface area contributed by atoms with Crippen LogP contribution in [0.5, 0.6) is 0 Å². The molecule has 0 aliphatic carbocycles. The summed E-state index contributed by atoms with van der Waals surface area (Å²) in [6.07, 6.45) is 0. The minimum Gasteiger partial charge on any atom is -0.219 e. The quantitative estimate of drug-likeness (QED) is 0.359. The van der Waals surface area contributed by atoms with Gasteiger partial charge in [-0.2, -0.15) is 4.89 Å². The van der Waals surface area contributed by atoms with E-state index in [2.05, 4.69) is 20.0 Å². The molecule has 9 heavy (non-hydrogen) atoms. The monoisotopic (exact) mass is 138 g/mol. The van der Waals surface area contributed by atoms with Crippen LogP contribution >= 0.6 is 0 Å². The van der Waals surface area contributed by atoms with E-state index in [-0.39, 0.29) is 0 Å². The summed E-state index contributed by atoms with van der Waals surface area (Å²) >= 11 is 0. The summed E-state index contributed by atoms with van der Waals surface area (Å²) in [6.45, 7) is 5.23. The Hall–Kier alpha value is -0.200. The van der Waals surface area contributed by atoms with Gasteiger partial charge >= 0.3 is 0 Å². The highest BCUT2D eigenvalue weighted by Gasteiger charge is 2.11. The van der Waals surface area contributed by atoms with Crippen LogP contribution in [0.3, 0.4) is 0 Å². The molecule has 0 aromatic carbocycles. The highest BCUT2D eigenvalue weighted by atomic mass is 17.8. The van der Waals surface area contributed by atoms with Crippen LogP contribution in [0, 0.1) is 0 Å². The fourth-order valence-corrected chi connectivity index (χ4v) is 0.128. The Morgan fingerprint density at radius 3 is 2.00 bits per heavy atom. The van der Waals surface area contributed by atoms with Crippen molar-refractivity contribution < 1.29 is 25.3 Å². The second-order valence-electron chi connectivity index (χ2n) is 2.41. The Labute approximate surface area is 52.8 Å². The van der Waals surface area contributed by atoms with Gasteiger partial charge in [0.15, 0.2) is 0 Å². The van der Waals surface area contributed by atoms with Gasteiger partial charge in [0.25, 0.3) is 0 Å². The lowest BCUT2D eigenvalue weighted by Crippen LogP contribution is -2.19. The van der Waals surface area contributed by atoms with E-state index in [1.807, 2.05) is 0 Å². The molecule has 0 atom stereocenters. The van der Waals surface area contributed by atoms with E-state index in [9.17, 15) is 0 Å². The first kappa shape index (κ1) is 8.80. The summed E-state index contributed by atoms with van der Waals surface area (Å²) in [7, 11) is 0. The van der Waals surface area contributed by atoms with Gasteiger partial charge in [-0.25, -0.2) is 5.26 Å². The van der Waals surface area contributed by atoms with Crippen molar-refractivity contribution in [2.24, 2.45) is 0 Å². The van der Waals surface area contributed by atoms with Crippen molar-refractivity contribution in [3.05, 3.63) is 0 Å². The molecule has 5 heteroatoms. The van der Waals surface area contributed by atoms with Crippen molar-refractivity contribution in [3.63, 3.8) is 0 Å². The lowest BCUT2D eigenvalue weighted by atomic mass is 10.2. The topological polar surface area (TPSA) is 57.2 Å². The maximum Gasteiger partial charge on any atom is 0.0984 e. The summed E-state index contributed by atoms with van der Waals surface area (Å²) < 4.78 is 0. The summed E-state index contributed by atoms with van der Waals surface area (Å²) in [6, 6.07) is 0. The third-order valence-corrected chi connectivity index (χ3v) is 0.342. The first-order valence-corrected chi connectivity index (χ1v) is 2.39. The highest BCUT2D eigenvalue weighted by Crippen LogP contribution is 2.06. The molecular weight excluding hydrogens is 128 g/mol. The first-order chi connectivity index (χ1) is 4.06. The smallest absolute Gasteiger partial charge is 0.0984 e. The molecule has 0 aromatic rings. The fraction of sp³-hybridized carbons (Fsp3) is 1.00. The van der Waals surface area contributed by atoms with Gasteiger partial charge in [-0.1, -0.05) is 0 Å². The third kappa shape index (κ3) is 7.80. The molecule has 0 aromatic heterocycles. The van der Waals surface area contributed by atoms with Gasteiger partial charge in [0.1, 0.15) is 0 Å². The number of rotatable bonds is 3. The van der Waals surface area contributed by atoms with Crippen LogP contribution in [0.2, 0.25) is 0 Å². The van der Waals surface area contributed by atoms with Crippen LogP contribution in [0.4, 0.5) is 0 Å². The Morgan fingerprint density at radius 2 is 1.67 bits per heavy atom. The van der Waals surface area contributed by atoms with Gasteiger partial charge < -0.3 is 0 Å². The third-order valence-electron chi connectivity index (χ3n) is 0.342. The van der Waals surface area contributed by atoms with Gasteiger partial charge in [-0.05, 0) is 35.9 Å². The molecule has 0 bridgehead atoms. The molecule has 0 aliphatic rings. The van der Waals surface area contributed by atoms with Gasteiger partial charge in [0.05, 0.1) is 5.60 Å². The predicted molar refractivity (Wildman–Crippen MR) is 26.7 cm³/mol. The largest absolute Gasteiger partial charge is 0.219 e. The molecule has 0 rings (SSSR count). The minimum atomic E-state index is -0.488. The highest BCUT2D eigenvalue weighted by molar-refractivity contribution is 4.53. The molecule has 56 valence electrons.